The Morgan fingerprint density at radius 1 is 0.862 bits per heavy atom. The van der Waals surface area contributed by atoms with E-state index >= 15 is 0 Å². The van der Waals surface area contributed by atoms with Crippen LogP contribution in [0.25, 0.3) is 0 Å². The quantitative estimate of drug-likeness (QED) is 0.639. The normalized spacial score (nSPS) is 11.6. The van der Waals surface area contributed by atoms with E-state index in [0.29, 0.717) is 16.8 Å². The van der Waals surface area contributed by atoms with Crippen molar-refractivity contribution in [1.82, 2.24) is 5.32 Å². The Hall–Kier alpha value is -3.54. The second-order valence-electron chi connectivity index (χ2n) is 6.71. The molecule has 6 heteroatoms. The lowest BCUT2D eigenvalue weighted by Gasteiger charge is -2.16. The number of aryl methyl sites for hydroxylation is 1. The van der Waals surface area contributed by atoms with Crippen LogP contribution in [0, 0.1) is 18.6 Å². The summed E-state index contributed by atoms with van der Waals surface area (Å²) >= 11 is 0. The summed E-state index contributed by atoms with van der Waals surface area (Å²) in [4.78, 5) is 25.0. The van der Waals surface area contributed by atoms with Crippen LogP contribution in [0.1, 0.15) is 44.8 Å². The molecule has 0 bridgehead atoms. The average molecular weight is 394 g/mol. The maximum Gasteiger partial charge on any atom is 0.255 e. The van der Waals surface area contributed by atoms with E-state index in [2.05, 4.69) is 10.6 Å². The number of rotatable bonds is 5. The molecule has 3 rings (SSSR count). The lowest BCUT2D eigenvalue weighted by atomic mass is 10.1. The predicted octanol–water partition coefficient (Wildman–Crippen LogP) is 5.02. The number of anilines is 1. The Labute approximate surface area is 167 Å². The molecule has 0 fully saturated rings. The van der Waals surface area contributed by atoms with Crippen molar-refractivity contribution in [1.29, 1.82) is 0 Å². The highest BCUT2D eigenvalue weighted by Crippen LogP contribution is 2.21. The van der Waals surface area contributed by atoms with Gasteiger partial charge in [-0.25, -0.2) is 8.78 Å². The van der Waals surface area contributed by atoms with Gasteiger partial charge in [0.2, 0.25) is 0 Å². The van der Waals surface area contributed by atoms with E-state index in [1.807, 2.05) is 13.0 Å². The van der Waals surface area contributed by atoms with Crippen LogP contribution < -0.4 is 10.6 Å². The van der Waals surface area contributed by atoms with Gasteiger partial charge in [-0.3, -0.25) is 9.59 Å². The summed E-state index contributed by atoms with van der Waals surface area (Å²) in [6, 6.07) is 16.2. The van der Waals surface area contributed by atoms with Crippen molar-refractivity contribution >= 4 is 17.5 Å². The number of hydrogen-bond acceptors (Lipinski definition) is 2. The second kappa shape index (κ2) is 8.65. The van der Waals surface area contributed by atoms with Crippen LogP contribution >= 0.6 is 0 Å². The molecule has 4 nitrogen and oxygen atoms in total. The highest BCUT2D eigenvalue weighted by molar-refractivity contribution is 6.05. The molecule has 3 aromatic rings. The molecule has 2 N–H and O–H groups in total. The number of halogens is 2. The molecule has 0 aromatic heterocycles. The van der Waals surface area contributed by atoms with Crippen LogP contribution in [0.3, 0.4) is 0 Å². The third kappa shape index (κ3) is 4.85. The standard InChI is InChI=1S/C23H20F2N2O2/c1-14-8-9-17(12-21(14)27-22(28)16-6-4-3-5-7-16)23(29)26-15(2)19-11-10-18(24)13-20(19)25/h3-13,15H,1-2H3,(H,26,29)(H,27,28). The molecule has 0 radical (unpaired) electrons. The Morgan fingerprint density at radius 3 is 2.28 bits per heavy atom. The van der Waals surface area contributed by atoms with Crippen LogP contribution in [-0.2, 0) is 0 Å². The molecule has 3 aromatic carbocycles. The maximum absolute atomic E-state index is 13.9. The summed E-state index contributed by atoms with van der Waals surface area (Å²) < 4.78 is 27.0. The fourth-order valence-corrected chi connectivity index (χ4v) is 2.89. The van der Waals surface area contributed by atoms with Crippen molar-refractivity contribution in [3.8, 4) is 0 Å². The van der Waals surface area contributed by atoms with Crippen molar-refractivity contribution < 1.29 is 18.4 Å². The van der Waals surface area contributed by atoms with Crippen molar-refractivity contribution in [2.75, 3.05) is 5.32 Å². The summed E-state index contributed by atoms with van der Waals surface area (Å²) in [6.45, 7) is 3.43. The predicted molar refractivity (Wildman–Crippen MR) is 108 cm³/mol. The van der Waals surface area contributed by atoms with E-state index in [-0.39, 0.29) is 11.5 Å². The van der Waals surface area contributed by atoms with Gasteiger partial charge in [-0.1, -0.05) is 30.3 Å². The second-order valence-corrected chi connectivity index (χ2v) is 6.71. The zero-order chi connectivity index (χ0) is 21.0. The molecule has 148 valence electrons. The molecule has 29 heavy (non-hydrogen) atoms. The van der Waals surface area contributed by atoms with E-state index in [9.17, 15) is 18.4 Å². The lowest BCUT2D eigenvalue weighted by molar-refractivity contribution is 0.0938. The first kappa shape index (κ1) is 20.2. The molecule has 1 unspecified atom stereocenters. The highest BCUT2D eigenvalue weighted by Gasteiger charge is 2.17. The van der Waals surface area contributed by atoms with Crippen molar-refractivity contribution in [2.24, 2.45) is 0 Å². The smallest absolute Gasteiger partial charge is 0.255 e. The molecule has 0 aliphatic rings. The van der Waals surface area contributed by atoms with Gasteiger partial charge >= 0.3 is 0 Å². The monoisotopic (exact) mass is 394 g/mol. The van der Waals surface area contributed by atoms with Crippen LogP contribution in [0.4, 0.5) is 14.5 Å². The first-order chi connectivity index (χ1) is 13.8. The Bertz CT molecular complexity index is 1050. The zero-order valence-corrected chi connectivity index (χ0v) is 16.0. The highest BCUT2D eigenvalue weighted by atomic mass is 19.1. The van der Waals surface area contributed by atoms with Crippen LogP contribution in [0.2, 0.25) is 0 Å². The van der Waals surface area contributed by atoms with E-state index in [1.165, 1.54) is 6.07 Å². The third-order valence-corrected chi connectivity index (χ3v) is 4.56. The molecule has 0 saturated heterocycles. The molecule has 2 amide bonds. The van der Waals surface area contributed by atoms with Crippen LogP contribution in [0.15, 0.2) is 66.7 Å². The Morgan fingerprint density at radius 2 is 1.59 bits per heavy atom. The number of hydrogen-bond donors (Lipinski definition) is 2. The number of amides is 2. The lowest BCUT2D eigenvalue weighted by Crippen LogP contribution is -2.27. The van der Waals surface area contributed by atoms with Crippen molar-refractivity contribution in [3.63, 3.8) is 0 Å². The number of carbonyl (C=O) groups excluding carboxylic acids is 2. The molecule has 0 spiro atoms. The maximum atomic E-state index is 13.9. The molecule has 0 saturated carbocycles. The van der Waals surface area contributed by atoms with Gasteiger partial charge in [-0.2, -0.15) is 0 Å². The summed E-state index contributed by atoms with van der Waals surface area (Å²) in [7, 11) is 0. The number of benzene rings is 3. The fourth-order valence-electron chi connectivity index (χ4n) is 2.89. The van der Waals surface area contributed by atoms with Gasteiger partial charge in [0.15, 0.2) is 0 Å². The molecule has 0 aliphatic carbocycles. The van der Waals surface area contributed by atoms with Gasteiger partial charge in [-0.15, -0.1) is 0 Å². The molecule has 1 atom stereocenters. The molecular formula is C23H20F2N2O2. The summed E-state index contributed by atoms with van der Waals surface area (Å²) in [5.74, 6) is -2.12. The van der Waals surface area contributed by atoms with E-state index < -0.39 is 23.6 Å². The van der Waals surface area contributed by atoms with Crippen LogP contribution in [-0.4, -0.2) is 11.8 Å². The molecular weight excluding hydrogens is 374 g/mol. The summed E-state index contributed by atoms with van der Waals surface area (Å²) in [5, 5.41) is 5.49. The van der Waals surface area contributed by atoms with Crippen molar-refractivity contribution in [3.05, 3.63) is 101 Å². The molecule has 0 aliphatic heterocycles. The SMILES string of the molecule is Cc1ccc(C(=O)NC(C)c2ccc(F)cc2F)cc1NC(=O)c1ccccc1. The van der Waals surface area contributed by atoms with Gasteiger partial charge < -0.3 is 10.6 Å². The van der Waals surface area contributed by atoms with Gasteiger partial charge in [0.25, 0.3) is 11.8 Å². The zero-order valence-electron chi connectivity index (χ0n) is 16.0. The fraction of sp³-hybridized carbons (Fsp3) is 0.130. The average Bonchev–Trinajstić information content (AvgIpc) is 2.70. The summed E-state index contributed by atoms with van der Waals surface area (Å²) in [6.07, 6.45) is 0. The van der Waals surface area contributed by atoms with E-state index in [0.717, 1.165) is 17.7 Å². The van der Waals surface area contributed by atoms with Crippen molar-refractivity contribution in [2.45, 2.75) is 19.9 Å². The topological polar surface area (TPSA) is 58.2 Å². The van der Waals surface area contributed by atoms with Crippen LogP contribution in [0.5, 0.6) is 0 Å². The minimum atomic E-state index is -0.725. The van der Waals surface area contributed by atoms with Gasteiger partial charge in [0.05, 0.1) is 6.04 Å². The summed E-state index contributed by atoms with van der Waals surface area (Å²) in [5.41, 5.74) is 2.30. The van der Waals surface area contributed by atoms with Gasteiger partial charge in [0, 0.05) is 28.4 Å². The Kier molecular flexibility index (Phi) is 6.02. The van der Waals surface area contributed by atoms with Gasteiger partial charge in [0.1, 0.15) is 11.6 Å². The minimum absolute atomic E-state index is 0.185. The van der Waals surface area contributed by atoms with E-state index in [4.69, 9.17) is 0 Å². The minimum Gasteiger partial charge on any atom is -0.345 e. The first-order valence-electron chi connectivity index (χ1n) is 9.08. The Balaban J connectivity index is 1.76. The third-order valence-electron chi connectivity index (χ3n) is 4.56. The number of nitrogens with one attached hydrogen (secondary N) is 2. The largest absolute Gasteiger partial charge is 0.345 e. The number of carbonyl (C=O) groups is 2. The van der Waals surface area contributed by atoms with E-state index in [1.54, 1.807) is 49.4 Å². The van der Waals surface area contributed by atoms with Gasteiger partial charge in [-0.05, 0) is 49.7 Å². The molecule has 0 heterocycles. The first-order valence-corrected chi connectivity index (χ1v) is 9.08.